The van der Waals surface area contributed by atoms with Gasteiger partial charge < -0.3 is 5.32 Å². The summed E-state index contributed by atoms with van der Waals surface area (Å²) in [5.41, 5.74) is 4.53. The molecule has 0 aliphatic rings. The molecule has 6 heteroatoms. The van der Waals surface area contributed by atoms with Crippen molar-refractivity contribution in [3.8, 4) is 5.69 Å². The summed E-state index contributed by atoms with van der Waals surface area (Å²) in [5, 5.41) is 8.98. The van der Waals surface area contributed by atoms with Crippen LogP contribution in [0.4, 0.5) is 0 Å². The van der Waals surface area contributed by atoms with Crippen molar-refractivity contribution in [2.75, 3.05) is 0 Å². The van der Waals surface area contributed by atoms with Gasteiger partial charge >= 0.3 is 0 Å². The molecular formula is C22H19ClN4O. The Hall–Kier alpha value is -3.18. The van der Waals surface area contributed by atoms with E-state index >= 15 is 0 Å². The predicted molar refractivity (Wildman–Crippen MR) is 111 cm³/mol. The molecule has 1 amide bonds. The molecule has 2 aromatic carbocycles. The lowest BCUT2D eigenvalue weighted by Gasteiger charge is -2.09. The third-order valence-corrected chi connectivity index (χ3v) is 4.95. The number of carbonyl (C=O) groups excluding carboxylic acids is 1. The summed E-state index contributed by atoms with van der Waals surface area (Å²) in [7, 11) is 0. The number of aromatic nitrogens is 3. The molecule has 0 radical (unpaired) electrons. The van der Waals surface area contributed by atoms with E-state index in [1.807, 2.05) is 68.4 Å². The number of para-hydroxylation sites is 1. The van der Waals surface area contributed by atoms with E-state index in [1.54, 1.807) is 10.7 Å². The largest absolute Gasteiger partial charge is 0.348 e. The number of nitrogens with zero attached hydrogens (tertiary/aromatic N) is 3. The number of benzene rings is 2. The first-order valence-corrected chi connectivity index (χ1v) is 9.36. The second kappa shape index (κ2) is 7.44. The van der Waals surface area contributed by atoms with Crippen molar-refractivity contribution in [2.24, 2.45) is 0 Å². The zero-order chi connectivity index (χ0) is 19.7. The first-order valence-electron chi connectivity index (χ1n) is 8.98. The Morgan fingerprint density at radius 3 is 2.54 bits per heavy atom. The second-order valence-corrected chi connectivity index (χ2v) is 7.02. The van der Waals surface area contributed by atoms with Crippen molar-refractivity contribution in [3.05, 3.63) is 88.2 Å². The molecule has 0 saturated carbocycles. The summed E-state index contributed by atoms with van der Waals surface area (Å²) >= 11 is 6.20. The van der Waals surface area contributed by atoms with Crippen molar-refractivity contribution >= 4 is 28.5 Å². The summed E-state index contributed by atoms with van der Waals surface area (Å²) < 4.78 is 1.78. The van der Waals surface area contributed by atoms with Gasteiger partial charge in [-0.05, 0) is 43.7 Å². The van der Waals surface area contributed by atoms with Crippen LogP contribution in [0, 0.1) is 13.8 Å². The molecular weight excluding hydrogens is 372 g/mol. The molecule has 4 aromatic rings. The molecule has 0 bridgehead atoms. The fraction of sp³-hybridized carbons (Fsp3) is 0.136. The van der Waals surface area contributed by atoms with Crippen LogP contribution in [0.5, 0.6) is 0 Å². The van der Waals surface area contributed by atoms with Crippen LogP contribution < -0.4 is 5.32 Å². The van der Waals surface area contributed by atoms with Crippen LogP contribution in [-0.2, 0) is 6.54 Å². The first kappa shape index (κ1) is 18.2. The Balaban J connectivity index is 1.74. The highest BCUT2D eigenvalue weighted by Crippen LogP contribution is 2.25. The number of fused-ring (bicyclic) bond motifs is 1. The fourth-order valence-electron chi connectivity index (χ4n) is 3.25. The molecule has 0 atom stereocenters. The Labute approximate surface area is 168 Å². The number of rotatable bonds is 4. The molecule has 0 fully saturated rings. The summed E-state index contributed by atoms with van der Waals surface area (Å²) in [6.45, 7) is 4.12. The third kappa shape index (κ3) is 3.37. The molecule has 2 aromatic heterocycles. The van der Waals surface area contributed by atoms with Crippen LogP contribution in [0.1, 0.15) is 27.3 Å². The van der Waals surface area contributed by atoms with Crippen molar-refractivity contribution in [1.29, 1.82) is 0 Å². The number of aryl methyl sites for hydroxylation is 2. The van der Waals surface area contributed by atoms with Gasteiger partial charge in [-0.25, -0.2) is 9.67 Å². The van der Waals surface area contributed by atoms with Gasteiger partial charge in [0.15, 0.2) is 5.65 Å². The Kier molecular flexibility index (Phi) is 4.84. The van der Waals surface area contributed by atoms with E-state index in [4.69, 9.17) is 11.6 Å². The molecule has 5 nitrogen and oxygen atoms in total. The number of carbonyl (C=O) groups is 1. The molecule has 140 valence electrons. The average Bonchev–Trinajstić information content (AvgIpc) is 3.03. The first-order chi connectivity index (χ1) is 13.5. The Morgan fingerprint density at radius 1 is 1.07 bits per heavy atom. The van der Waals surface area contributed by atoms with E-state index in [0.29, 0.717) is 22.8 Å². The fourth-order valence-corrected chi connectivity index (χ4v) is 3.46. The normalized spacial score (nSPS) is 11.0. The van der Waals surface area contributed by atoms with Crippen LogP contribution in [0.2, 0.25) is 5.02 Å². The molecule has 0 aliphatic heterocycles. The number of hydrogen-bond acceptors (Lipinski definition) is 3. The van der Waals surface area contributed by atoms with Crippen molar-refractivity contribution in [3.63, 3.8) is 0 Å². The van der Waals surface area contributed by atoms with E-state index in [-0.39, 0.29) is 5.91 Å². The molecule has 0 saturated heterocycles. The van der Waals surface area contributed by atoms with E-state index in [0.717, 1.165) is 28.0 Å². The number of halogens is 1. The number of hydrogen-bond donors (Lipinski definition) is 1. The molecule has 0 unspecified atom stereocenters. The van der Waals surface area contributed by atoms with Crippen LogP contribution in [0.3, 0.4) is 0 Å². The lowest BCUT2D eigenvalue weighted by atomic mass is 10.1. The van der Waals surface area contributed by atoms with Crippen LogP contribution >= 0.6 is 11.6 Å². The zero-order valence-corrected chi connectivity index (χ0v) is 16.4. The van der Waals surface area contributed by atoms with E-state index < -0.39 is 0 Å². The number of amides is 1. The lowest BCUT2D eigenvalue weighted by Crippen LogP contribution is -2.23. The maximum atomic E-state index is 13.0. The monoisotopic (exact) mass is 390 g/mol. The minimum absolute atomic E-state index is 0.175. The van der Waals surface area contributed by atoms with E-state index in [2.05, 4.69) is 15.4 Å². The molecule has 2 heterocycles. The minimum Gasteiger partial charge on any atom is -0.348 e. The van der Waals surface area contributed by atoms with Gasteiger partial charge in [0.2, 0.25) is 0 Å². The molecule has 0 spiro atoms. The van der Waals surface area contributed by atoms with Crippen molar-refractivity contribution < 1.29 is 4.79 Å². The highest BCUT2D eigenvalue weighted by molar-refractivity contribution is 6.31. The Bertz CT molecular complexity index is 1170. The topological polar surface area (TPSA) is 59.8 Å². The highest BCUT2D eigenvalue weighted by atomic mass is 35.5. The summed E-state index contributed by atoms with van der Waals surface area (Å²) in [4.78, 5) is 17.6. The zero-order valence-electron chi connectivity index (χ0n) is 15.6. The van der Waals surface area contributed by atoms with Gasteiger partial charge in [0.25, 0.3) is 5.91 Å². The van der Waals surface area contributed by atoms with Gasteiger partial charge in [0.1, 0.15) is 0 Å². The van der Waals surface area contributed by atoms with Crippen LogP contribution in [0.15, 0.2) is 60.7 Å². The predicted octanol–water partition coefficient (Wildman–Crippen LogP) is 4.62. The second-order valence-electron chi connectivity index (χ2n) is 6.62. The van der Waals surface area contributed by atoms with Gasteiger partial charge in [-0.3, -0.25) is 4.79 Å². The van der Waals surface area contributed by atoms with Gasteiger partial charge in [-0.2, -0.15) is 5.10 Å². The van der Waals surface area contributed by atoms with Gasteiger partial charge in [0.05, 0.1) is 22.3 Å². The number of pyridine rings is 1. The van der Waals surface area contributed by atoms with Gasteiger partial charge in [0, 0.05) is 17.3 Å². The maximum absolute atomic E-state index is 13.0. The summed E-state index contributed by atoms with van der Waals surface area (Å²) in [6.07, 6.45) is 0. The van der Waals surface area contributed by atoms with Crippen LogP contribution in [-0.4, -0.2) is 20.7 Å². The summed E-state index contributed by atoms with van der Waals surface area (Å²) in [6, 6.07) is 19.1. The van der Waals surface area contributed by atoms with E-state index in [1.165, 1.54) is 0 Å². The van der Waals surface area contributed by atoms with E-state index in [9.17, 15) is 4.79 Å². The SMILES string of the molecule is Cc1cc(C(=O)NCc2ccccc2Cl)c2c(C)nn(-c3ccccc3)c2n1. The number of nitrogens with one attached hydrogen (secondary N) is 1. The van der Waals surface area contributed by atoms with Crippen LogP contribution in [0.25, 0.3) is 16.7 Å². The lowest BCUT2D eigenvalue weighted by molar-refractivity contribution is 0.0952. The molecule has 28 heavy (non-hydrogen) atoms. The van der Waals surface area contributed by atoms with Crippen molar-refractivity contribution in [1.82, 2.24) is 20.1 Å². The molecule has 4 rings (SSSR count). The molecule has 1 N–H and O–H groups in total. The standard InChI is InChI=1S/C22H19ClN4O/c1-14-12-18(22(28)24-13-16-8-6-7-11-19(16)23)20-15(2)26-27(21(20)25-14)17-9-4-3-5-10-17/h3-12H,13H2,1-2H3,(H,24,28). The van der Waals surface area contributed by atoms with Gasteiger partial charge in [-0.1, -0.05) is 48.0 Å². The Morgan fingerprint density at radius 2 is 1.79 bits per heavy atom. The third-order valence-electron chi connectivity index (χ3n) is 4.58. The van der Waals surface area contributed by atoms with Gasteiger partial charge in [-0.15, -0.1) is 0 Å². The highest BCUT2D eigenvalue weighted by Gasteiger charge is 2.19. The maximum Gasteiger partial charge on any atom is 0.252 e. The minimum atomic E-state index is -0.175. The quantitative estimate of drug-likeness (QED) is 0.553. The average molecular weight is 391 g/mol. The molecule has 0 aliphatic carbocycles. The van der Waals surface area contributed by atoms with Crippen molar-refractivity contribution in [2.45, 2.75) is 20.4 Å². The summed E-state index contributed by atoms with van der Waals surface area (Å²) in [5.74, 6) is -0.175. The smallest absolute Gasteiger partial charge is 0.252 e.